The molecule has 0 radical (unpaired) electrons. The Bertz CT molecular complexity index is 948. The fraction of sp³-hybridized carbons (Fsp3) is 0.385. The lowest BCUT2D eigenvalue weighted by Gasteiger charge is -2.42. The Morgan fingerprint density at radius 2 is 1.71 bits per heavy atom. The zero-order valence-corrected chi connectivity index (χ0v) is 18.7. The smallest absolute Gasteiger partial charge is 0.104 e. The molecule has 2 fully saturated rings. The molecule has 0 atom stereocenters. The number of benzene rings is 2. The van der Waals surface area contributed by atoms with Gasteiger partial charge in [0.1, 0.15) is 5.82 Å². The summed E-state index contributed by atoms with van der Waals surface area (Å²) in [5.74, 6) is 1.26. The SMILES string of the molecule is CN/C(N)=C(/C=C(\N)c1ccccc1C)c1ccc(C2CCN(C3CNC3)CC2)cc1. The first-order chi connectivity index (χ1) is 15.1. The molecule has 2 aliphatic rings. The third-order valence-corrected chi connectivity index (χ3v) is 6.81. The molecule has 2 aromatic carbocycles. The summed E-state index contributed by atoms with van der Waals surface area (Å²) in [6.45, 7) is 6.78. The van der Waals surface area contributed by atoms with E-state index in [4.69, 9.17) is 11.5 Å². The number of allylic oxidation sites excluding steroid dienone is 2. The third kappa shape index (κ3) is 4.78. The molecule has 0 aromatic heterocycles. The van der Waals surface area contributed by atoms with Crippen LogP contribution in [0, 0.1) is 6.92 Å². The second-order valence-corrected chi connectivity index (χ2v) is 8.74. The van der Waals surface area contributed by atoms with Crippen LogP contribution in [0.2, 0.25) is 0 Å². The average Bonchev–Trinajstić information content (AvgIpc) is 2.77. The molecule has 0 aliphatic carbocycles. The van der Waals surface area contributed by atoms with Gasteiger partial charge < -0.3 is 22.1 Å². The van der Waals surface area contributed by atoms with E-state index in [-0.39, 0.29) is 0 Å². The maximum atomic E-state index is 6.46. The highest BCUT2D eigenvalue weighted by atomic mass is 15.2. The highest BCUT2D eigenvalue weighted by Crippen LogP contribution is 2.31. The molecule has 2 saturated heterocycles. The Morgan fingerprint density at radius 1 is 1.03 bits per heavy atom. The molecule has 5 heteroatoms. The number of piperidine rings is 1. The van der Waals surface area contributed by atoms with Crippen molar-refractivity contribution < 1.29 is 0 Å². The quantitative estimate of drug-likeness (QED) is 0.544. The number of nitrogens with one attached hydrogen (secondary N) is 2. The molecule has 0 unspecified atom stereocenters. The Labute approximate surface area is 186 Å². The van der Waals surface area contributed by atoms with Crippen LogP contribution in [0.15, 0.2) is 60.4 Å². The highest BCUT2D eigenvalue weighted by Gasteiger charge is 2.29. The van der Waals surface area contributed by atoms with E-state index in [9.17, 15) is 0 Å². The molecule has 0 spiro atoms. The number of rotatable bonds is 6. The molecule has 0 bridgehead atoms. The summed E-state index contributed by atoms with van der Waals surface area (Å²) in [5.41, 5.74) is 19.1. The molecule has 4 rings (SSSR count). The first kappa shape index (κ1) is 21.5. The van der Waals surface area contributed by atoms with Gasteiger partial charge in [0.15, 0.2) is 0 Å². The molecular formula is C26H35N5. The van der Waals surface area contributed by atoms with Crippen LogP contribution >= 0.6 is 0 Å². The number of hydrogen-bond donors (Lipinski definition) is 4. The maximum Gasteiger partial charge on any atom is 0.104 e. The van der Waals surface area contributed by atoms with E-state index in [1.165, 1.54) is 31.5 Å². The number of likely N-dealkylation sites (tertiary alicyclic amines) is 1. The van der Waals surface area contributed by atoms with E-state index in [2.05, 4.69) is 52.8 Å². The largest absolute Gasteiger partial charge is 0.398 e. The highest BCUT2D eigenvalue weighted by molar-refractivity contribution is 5.84. The van der Waals surface area contributed by atoms with E-state index in [0.717, 1.165) is 41.4 Å². The van der Waals surface area contributed by atoms with Gasteiger partial charge in [-0.2, -0.15) is 0 Å². The lowest BCUT2D eigenvalue weighted by molar-refractivity contribution is 0.113. The van der Waals surface area contributed by atoms with Crippen LogP contribution in [0.1, 0.15) is 41.0 Å². The van der Waals surface area contributed by atoms with Crippen molar-refractivity contribution in [2.45, 2.75) is 31.7 Å². The van der Waals surface area contributed by atoms with E-state index in [0.29, 0.717) is 17.4 Å². The lowest BCUT2D eigenvalue weighted by Crippen LogP contribution is -2.58. The van der Waals surface area contributed by atoms with Crippen LogP contribution < -0.4 is 22.1 Å². The molecule has 5 nitrogen and oxygen atoms in total. The van der Waals surface area contributed by atoms with Gasteiger partial charge in [-0.1, -0.05) is 48.5 Å². The first-order valence-corrected chi connectivity index (χ1v) is 11.3. The van der Waals surface area contributed by atoms with Crippen LogP contribution in [0.4, 0.5) is 0 Å². The Hall–Kier alpha value is -2.76. The molecule has 0 saturated carbocycles. The molecule has 6 N–H and O–H groups in total. The van der Waals surface area contributed by atoms with Gasteiger partial charge in [0, 0.05) is 43.0 Å². The third-order valence-electron chi connectivity index (χ3n) is 6.81. The summed E-state index contributed by atoms with van der Waals surface area (Å²) >= 11 is 0. The minimum absolute atomic E-state index is 0.617. The topological polar surface area (TPSA) is 79.3 Å². The Kier molecular flexibility index (Phi) is 6.64. The fourth-order valence-electron chi connectivity index (χ4n) is 4.65. The zero-order chi connectivity index (χ0) is 21.8. The first-order valence-electron chi connectivity index (χ1n) is 11.3. The predicted molar refractivity (Wildman–Crippen MR) is 130 cm³/mol. The minimum atomic E-state index is 0.617. The Balaban J connectivity index is 1.51. The molecule has 2 aromatic rings. The van der Waals surface area contributed by atoms with Crippen molar-refractivity contribution >= 4 is 11.3 Å². The van der Waals surface area contributed by atoms with Crippen LogP contribution in [-0.4, -0.2) is 44.2 Å². The van der Waals surface area contributed by atoms with Crippen molar-refractivity contribution in [3.63, 3.8) is 0 Å². The summed E-state index contributed by atoms with van der Waals surface area (Å²) in [6, 6.07) is 17.8. The van der Waals surface area contributed by atoms with E-state index in [1.807, 2.05) is 31.3 Å². The van der Waals surface area contributed by atoms with Crippen molar-refractivity contribution in [2.75, 3.05) is 33.2 Å². The second kappa shape index (κ2) is 9.58. The summed E-state index contributed by atoms with van der Waals surface area (Å²) < 4.78 is 0. The molecular weight excluding hydrogens is 382 g/mol. The number of hydrogen-bond acceptors (Lipinski definition) is 5. The number of aryl methyl sites for hydroxylation is 1. The van der Waals surface area contributed by atoms with Crippen LogP contribution in [0.5, 0.6) is 0 Å². The maximum absolute atomic E-state index is 6.46. The lowest BCUT2D eigenvalue weighted by atomic mass is 9.87. The summed E-state index contributed by atoms with van der Waals surface area (Å²) in [4.78, 5) is 2.65. The normalized spacial score (nSPS) is 19.6. The zero-order valence-electron chi connectivity index (χ0n) is 18.7. The van der Waals surface area contributed by atoms with Crippen LogP contribution in [-0.2, 0) is 0 Å². The van der Waals surface area contributed by atoms with Gasteiger partial charge in [-0.15, -0.1) is 0 Å². The summed E-state index contributed by atoms with van der Waals surface area (Å²) in [7, 11) is 1.84. The van der Waals surface area contributed by atoms with Gasteiger partial charge in [0.05, 0.1) is 0 Å². The molecule has 2 heterocycles. The summed E-state index contributed by atoms with van der Waals surface area (Å²) in [6.07, 6.45) is 4.45. The van der Waals surface area contributed by atoms with Crippen molar-refractivity contribution in [2.24, 2.45) is 11.5 Å². The minimum Gasteiger partial charge on any atom is -0.398 e. The van der Waals surface area contributed by atoms with Crippen LogP contribution in [0.25, 0.3) is 11.3 Å². The van der Waals surface area contributed by atoms with Crippen LogP contribution in [0.3, 0.4) is 0 Å². The summed E-state index contributed by atoms with van der Waals surface area (Å²) in [5, 5.41) is 6.47. The van der Waals surface area contributed by atoms with E-state index in [1.54, 1.807) is 0 Å². The van der Waals surface area contributed by atoms with Gasteiger partial charge in [-0.05, 0) is 61.5 Å². The van der Waals surface area contributed by atoms with Gasteiger partial charge >= 0.3 is 0 Å². The molecule has 0 amide bonds. The number of nitrogens with zero attached hydrogens (tertiary/aromatic N) is 1. The van der Waals surface area contributed by atoms with Gasteiger partial charge in [0.25, 0.3) is 0 Å². The molecule has 164 valence electrons. The van der Waals surface area contributed by atoms with E-state index >= 15 is 0 Å². The second-order valence-electron chi connectivity index (χ2n) is 8.74. The predicted octanol–water partition coefficient (Wildman–Crippen LogP) is 2.99. The van der Waals surface area contributed by atoms with Gasteiger partial charge in [-0.25, -0.2) is 0 Å². The fourth-order valence-corrected chi connectivity index (χ4v) is 4.65. The molecule has 31 heavy (non-hydrogen) atoms. The van der Waals surface area contributed by atoms with Crippen molar-refractivity contribution in [1.29, 1.82) is 0 Å². The van der Waals surface area contributed by atoms with Gasteiger partial charge in [0.2, 0.25) is 0 Å². The van der Waals surface area contributed by atoms with Crippen molar-refractivity contribution in [3.05, 3.63) is 82.7 Å². The molecule has 2 aliphatic heterocycles. The number of nitrogens with two attached hydrogens (primary N) is 2. The van der Waals surface area contributed by atoms with Crippen molar-refractivity contribution in [1.82, 2.24) is 15.5 Å². The monoisotopic (exact) mass is 417 g/mol. The Morgan fingerprint density at radius 3 is 2.29 bits per heavy atom. The standard InChI is InChI=1S/C26H35N5/c1-18-5-3-4-6-23(18)25(27)15-24(26(28)29-2)21-9-7-19(8-10-21)20-11-13-31(14-12-20)22-16-30-17-22/h3-10,15,20,22,29-30H,11-14,16-17,27-28H2,1-2H3/b25-15-,26-24-. The average molecular weight is 418 g/mol. The van der Waals surface area contributed by atoms with Gasteiger partial charge in [-0.3, -0.25) is 4.90 Å². The van der Waals surface area contributed by atoms with E-state index < -0.39 is 0 Å². The van der Waals surface area contributed by atoms with Crippen molar-refractivity contribution in [3.8, 4) is 0 Å².